The molecule has 5 heteroatoms. The number of carbonyl (C=O) groups is 1. The number of hydrogen-bond donors (Lipinski definition) is 0. The monoisotopic (exact) mass is 454 g/mol. The topological polar surface area (TPSA) is 35.5 Å². The summed E-state index contributed by atoms with van der Waals surface area (Å²) in [6.45, 7) is 4.05. The number of halogens is 2. The average Bonchev–Trinajstić information content (AvgIpc) is 2.59. The highest BCUT2D eigenvalue weighted by Crippen LogP contribution is 2.38. The van der Waals surface area contributed by atoms with Gasteiger partial charge in [0, 0.05) is 5.56 Å². The van der Waals surface area contributed by atoms with E-state index in [4.69, 9.17) is 9.47 Å². The number of Topliss-reactive ketones (excluding diaryl/α,β-unsaturated/α-hetero) is 1. The highest BCUT2D eigenvalue weighted by molar-refractivity contribution is 9.12. The lowest BCUT2D eigenvalue weighted by molar-refractivity contribution is 0.0991. The fourth-order valence-electron chi connectivity index (χ4n) is 2.68. The van der Waals surface area contributed by atoms with Crippen molar-refractivity contribution >= 4 is 37.6 Å². The molecule has 0 N–H and O–H groups in total. The molecular weight excluding hydrogens is 436 g/mol. The summed E-state index contributed by atoms with van der Waals surface area (Å²) in [7, 11) is 3.26. The largest absolute Gasteiger partial charge is 0.497 e. The molecule has 2 atom stereocenters. The molecule has 2 aromatic rings. The zero-order chi connectivity index (χ0) is 17.9. The number of hydrogen-bond acceptors (Lipinski definition) is 3. The SMILES string of the molecule is COc1ccc(C(=O)[C@@H](Br)[C@@H](Br)c2c(C)cc(OC)cc2C)cc1. The summed E-state index contributed by atoms with van der Waals surface area (Å²) in [6, 6.07) is 11.1. The van der Waals surface area contributed by atoms with Gasteiger partial charge in [-0.05, 0) is 66.9 Å². The van der Waals surface area contributed by atoms with Crippen molar-refractivity contribution in [1.29, 1.82) is 0 Å². The molecule has 0 spiro atoms. The van der Waals surface area contributed by atoms with Gasteiger partial charge in [-0.3, -0.25) is 4.79 Å². The van der Waals surface area contributed by atoms with Gasteiger partial charge in [-0.25, -0.2) is 0 Å². The van der Waals surface area contributed by atoms with Gasteiger partial charge in [0.2, 0.25) is 0 Å². The smallest absolute Gasteiger partial charge is 0.177 e. The molecule has 24 heavy (non-hydrogen) atoms. The Kier molecular flexibility index (Phi) is 6.47. The Balaban J connectivity index is 2.28. The molecule has 0 amide bonds. The minimum atomic E-state index is -0.378. The Morgan fingerprint density at radius 2 is 1.42 bits per heavy atom. The van der Waals surface area contributed by atoms with E-state index in [9.17, 15) is 4.79 Å². The molecular formula is C19H20Br2O3. The molecule has 0 unspecified atom stereocenters. The number of carbonyl (C=O) groups excluding carboxylic acids is 1. The van der Waals surface area contributed by atoms with Gasteiger partial charge in [0.05, 0.1) is 23.9 Å². The van der Waals surface area contributed by atoms with Crippen molar-refractivity contribution in [1.82, 2.24) is 0 Å². The van der Waals surface area contributed by atoms with E-state index in [1.54, 1.807) is 38.5 Å². The van der Waals surface area contributed by atoms with Crippen LogP contribution in [0, 0.1) is 13.8 Å². The summed E-state index contributed by atoms with van der Waals surface area (Å²) >= 11 is 7.26. The molecule has 0 aliphatic carbocycles. The fraction of sp³-hybridized carbons (Fsp3) is 0.316. The summed E-state index contributed by atoms with van der Waals surface area (Å²) in [6.07, 6.45) is 0. The van der Waals surface area contributed by atoms with Gasteiger partial charge in [0.25, 0.3) is 0 Å². The Bertz CT molecular complexity index is 703. The zero-order valence-electron chi connectivity index (χ0n) is 14.1. The number of rotatable bonds is 6. The lowest BCUT2D eigenvalue weighted by atomic mass is 9.95. The van der Waals surface area contributed by atoms with E-state index in [-0.39, 0.29) is 15.4 Å². The van der Waals surface area contributed by atoms with E-state index in [2.05, 4.69) is 31.9 Å². The van der Waals surface area contributed by atoms with Crippen LogP contribution >= 0.6 is 31.9 Å². The second-order valence-corrected chi connectivity index (χ2v) is 7.54. The van der Waals surface area contributed by atoms with Crippen LogP contribution < -0.4 is 9.47 Å². The first-order valence-corrected chi connectivity index (χ1v) is 9.33. The summed E-state index contributed by atoms with van der Waals surface area (Å²) in [5.41, 5.74) is 3.91. The van der Waals surface area contributed by atoms with Crippen molar-refractivity contribution in [3.05, 3.63) is 58.7 Å². The van der Waals surface area contributed by atoms with Crippen LogP contribution in [-0.2, 0) is 0 Å². The number of alkyl halides is 2. The molecule has 0 aliphatic heterocycles. The predicted molar refractivity (Wildman–Crippen MR) is 104 cm³/mol. The molecule has 2 aromatic carbocycles. The van der Waals surface area contributed by atoms with Crippen LogP contribution in [0.4, 0.5) is 0 Å². The summed E-state index contributed by atoms with van der Waals surface area (Å²) in [5.74, 6) is 1.57. The van der Waals surface area contributed by atoms with E-state index in [1.807, 2.05) is 26.0 Å². The minimum Gasteiger partial charge on any atom is -0.497 e. The van der Waals surface area contributed by atoms with E-state index < -0.39 is 0 Å². The molecule has 0 bridgehead atoms. The third-order valence-corrected chi connectivity index (χ3v) is 6.60. The maximum absolute atomic E-state index is 12.8. The molecule has 0 saturated heterocycles. The van der Waals surface area contributed by atoms with Crippen molar-refractivity contribution in [3.8, 4) is 11.5 Å². The van der Waals surface area contributed by atoms with Crippen LogP contribution in [0.5, 0.6) is 11.5 Å². The maximum Gasteiger partial charge on any atom is 0.177 e. The van der Waals surface area contributed by atoms with Crippen LogP contribution in [0.1, 0.15) is 31.9 Å². The molecule has 3 nitrogen and oxygen atoms in total. The lowest BCUT2D eigenvalue weighted by Gasteiger charge is -2.21. The third kappa shape index (κ3) is 4.01. The summed E-state index contributed by atoms with van der Waals surface area (Å²) < 4.78 is 10.4. The van der Waals surface area contributed by atoms with Gasteiger partial charge < -0.3 is 9.47 Å². The third-order valence-electron chi connectivity index (χ3n) is 3.96. The quantitative estimate of drug-likeness (QED) is 0.431. The van der Waals surface area contributed by atoms with Gasteiger partial charge >= 0.3 is 0 Å². The Labute approximate surface area is 159 Å². The van der Waals surface area contributed by atoms with Crippen LogP contribution in [-0.4, -0.2) is 24.8 Å². The van der Waals surface area contributed by atoms with Crippen molar-refractivity contribution < 1.29 is 14.3 Å². The molecule has 0 aromatic heterocycles. The Morgan fingerprint density at radius 1 is 0.917 bits per heavy atom. The number of ether oxygens (including phenoxy) is 2. The van der Waals surface area contributed by atoms with Gasteiger partial charge in [-0.1, -0.05) is 31.9 Å². The van der Waals surface area contributed by atoms with Crippen molar-refractivity contribution in [3.63, 3.8) is 0 Å². The highest BCUT2D eigenvalue weighted by Gasteiger charge is 2.28. The first-order valence-electron chi connectivity index (χ1n) is 7.50. The van der Waals surface area contributed by atoms with E-state index in [0.717, 1.165) is 28.2 Å². The van der Waals surface area contributed by atoms with Crippen LogP contribution in [0.25, 0.3) is 0 Å². The van der Waals surface area contributed by atoms with Crippen LogP contribution in [0.2, 0.25) is 0 Å². The first-order chi connectivity index (χ1) is 11.4. The molecule has 0 aliphatic rings. The molecule has 0 fully saturated rings. The van der Waals surface area contributed by atoms with Crippen LogP contribution in [0.3, 0.4) is 0 Å². The minimum absolute atomic E-state index is 0.0224. The zero-order valence-corrected chi connectivity index (χ0v) is 17.3. The summed E-state index contributed by atoms with van der Waals surface area (Å²) in [4.78, 5) is 12.2. The van der Waals surface area contributed by atoms with E-state index in [0.29, 0.717) is 5.56 Å². The summed E-state index contributed by atoms with van der Waals surface area (Å²) in [5, 5.41) is 0. The van der Waals surface area contributed by atoms with Gasteiger partial charge in [0.1, 0.15) is 11.5 Å². The van der Waals surface area contributed by atoms with Gasteiger partial charge in [0.15, 0.2) is 5.78 Å². The Hall–Kier alpha value is -1.33. The van der Waals surface area contributed by atoms with Crippen molar-refractivity contribution in [2.75, 3.05) is 14.2 Å². The standard InChI is InChI=1S/C19H20Br2O3/c1-11-9-15(24-4)10-12(2)16(11)17(20)18(21)19(22)13-5-7-14(23-3)8-6-13/h5-10,17-18H,1-4H3/t17-,18-/m0/s1. The average molecular weight is 456 g/mol. The van der Waals surface area contributed by atoms with Gasteiger partial charge in [-0.15, -0.1) is 0 Å². The first kappa shape index (κ1) is 19.0. The molecule has 0 heterocycles. The van der Waals surface area contributed by atoms with E-state index in [1.165, 1.54) is 0 Å². The van der Waals surface area contributed by atoms with E-state index >= 15 is 0 Å². The Morgan fingerprint density at radius 3 is 1.88 bits per heavy atom. The van der Waals surface area contributed by atoms with Crippen molar-refractivity contribution in [2.24, 2.45) is 0 Å². The molecule has 128 valence electrons. The maximum atomic E-state index is 12.8. The second kappa shape index (κ2) is 8.17. The fourth-order valence-corrected chi connectivity index (χ4v) is 4.17. The normalized spacial score (nSPS) is 13.2. The number of benzene rings is 2. The lowest BCUT2D eigenvalue weighted by Crippen LogP contribution is -2.20. The van der Waals surface area contributed by atoms with Crippen LogP contribution in [0.15, 0.2) is 36.4 Å². The number of methoxy groups -OCH3 is 2. The molecule has 0 saturated carbocycles. The number of aryl methyl sites for hydroxylation is 2. The number of ketones is 1. The predicted octanol–water partition coefficient (Wildman–Crippen LogP) is 5.40. The van der Waals surface area contributed by atoms with Gasteiger partial charge in [-0.2, -0.15) is 0 Å². The molecule has 0 radical (unpaired) electrons. The molecule has 2 rings (SSSR count). The second-order valence-electron chi connectivity index (χ2n) is 5.57. The van der Waals surface area contributed by atoms with Crippen molar-refractivity contribution in [2.45, 2.75) is 23.5 Å². The highest BCUT2D eigenvalue weighted by atomic mass is 79.9.